The quantitative estimate of drug-likeness (QED) is 0.893. The number of carboxylic acid groups (broad SMARTS) is 1. The van der Waals surface area contributed by atoms with E-state index in [1.807, 2.05) is 12.1 Å². The van der Waals surface area contributed by atoms with Crippen molar-refractivity contribution in [3.8, 4) is 0 Å². The second-order valence-electron chi connectivity index (χ2n) is 4.23. The molecule has 0 spiro atoms. The van der Waals surface area contributed by atoms with Crippen LogP contribution in [0, 0.1) is 5.92 Å². The summed E-state index contributed by atoms with van der Waals surface area (Å²) in [6, 6.07) is 7.82. The third kappa shape index (κ3) is 2.83. The molecule has 1 aliphatic heterocycles. The summed E-state index contributed by atoms with van der Waals surface area (Å²) in [6.07, 6.45) is 1.66. The summed E-state index contributed by atoms with van der Waals surface area (Å²) in [5.41, 5.74) is 1.26. The van der Waals surface area contributed by atoms with E-state index < -0.39 is 5.97 Å². The van der Waals surface area contributed by atoms with Gasteiger partial charge in [-0.15, -0.1) is 0 Å². The Labute approximate surface area is 103 Å². The first-order chi connectivity index (χ1) is 7.65. The smallest absolute Gasteiger partial charge is 0.320 e. The van der Waals surface area contributed by atoms with E-state index in [0.717, 1.165) is 23.9 Å². The van der Waals surface area contributed by atoms with Gasteiger partial charge in [0.1, 0.15) is 6.04 Å². The Morgan fingerprint density at radius 2 is 2.38 bits per heavy atom. The molecule has 0 amide bonds. The topological polar surface area (TPSA) is 49.3 Å². The predicted octanol–water partition coefficient (Wildman–Crippen LogP) is 2.05. The van der Waals surface area contributed by atoms with Crippen molar-refractivity contribution in [1.29, 1.82) is 0 Å². The van der Waals surface area contributed by atoms with Gasteiger partial charge in [-0.2, -0.15) is 0 Å². The van der Waals surface area contributed by atoms with Crippen molar-refractivity contribution in [1.82, 2.24) is 5.32 Å². The highest BCUT2D eigenvalue weighted by atomic mass is 79.9. The molecule has 2 N–H and O–H groups in total. The second-order valence-corrected chi connectivity index (χ2v) is 5.15. The number of carbonyl (C=O) groups is 1. The van der Waals surface area contributed by atoms with Crippen LogP contribution in [0.25, 0.3) is 0 Å². The van der Waals surface area contributed by atoms with Crippen LogP contribution in [0.2, 0.25) is 0 Å². The molecule has 0 unspecified atom stereocenters. The van der Waals surface area contributed by atoms with Gasteiger partial charge in [-0.3, -0.25) is 4.79 Å². The lowest BCUT2D eigenvalue weighted by atomic mass is 9.97. The highest BCUT2D eigenvalue weighted by Crippen LogP contribution is 2.21. The molecule has 16 heavy (non-hydrogen) atoms. The van der Waals surface area contributed by atoms with E-state index in [-0.39, 0.29) is 6.04 Å². The second kappa shape index (κ2) is 4.97. The van der Waals surface area contributed by atoms with Crippen LogP contribution in [0.5, 0.6) is 0 Å². The van der Waals surface area contributed by atoms with Gasteiger partial charge in [0.05, 0.1) is 0 Å². The Kier molecular flexibility index (Phi) is 3.61. The Morgan fingerprint density at radius 1 is 1.56 bits per heavy atom. The standard InChI is InChI=1S/C12H14BrNO2/c13-10-3-1-2-8(5-10)4-9-6-11(12(15)16)14-7-9/h1-3,5,9,11,14H,4,6-7H2,(H,15,16)/t9-,11+/m0/s1. The zero-order valence-electron chi connectivity index (χ0n) is 8.82. The molecule has 0 aliphatic carbocycles. The molecule has 1 fully saturated rings. The SMILES string of the molecule is O=C(O)[C@H]1C[C@H](Cc2cccc(Br)c2)CN1. The van der Waals surface area contributed by atoms with Crippen molar-refractivity contribution in [3.05, 3.63) is 34.3 Å². The molecule has 2 rings (SSSR count). The maximum absolute atomic E-state index is 10.8. The number of hydrogen-bond donors (Lipinski definition) is 2. The highest BCUT2D eigenvalue weighted by Gasteiger charge is 2.28. The average Bonchev–Trinajstić information content (AvgIpc) is 2.66. The first-order valence-electron chi connectivity index (χ1n) is 5.36. The Bertz CT molecular complexity index is 394. The van der Waals surface area contributed by atoms with Crippen LogP contribution in [0.1, 0.15) is 12.0 Å². The van der Waals surface area contributed by atoms with Crippen LogP contribution in [-0.2, 0) is 11.2 Å². The van der Waals surface area contributed by atoms with Crippen LogP contribution in [-0.4, -0.2) is 23.7 Å². The van der Waals surface area contributed by atoms with Gasteiger partial charge < -0.3 is 10.4 Å². The molecule has 3 nitrogen and oxygen atoms in total. The first kappa shape index (κ1) is 11.6. The lowest BCUT2D eigenvalue weighted by Crippen LogP contribution is -2.29. The summed E-state index contributed by atoms with van der Waals surface area (Å²) in [5.74, 6) is -0.313. The zero-order chi connectivity index (χ0) is 11.5. The fraction of sp³-hybridized carbons (Fsp3) is 0.417. The van der Waals surface area contributed by atoms with E-state index in [2.05, 4.69) is 33.4 Å². The van der Waals surface area contributed by atoms with Crippen LogP contribution in [0.15, 0.2) is 28.7 Å². The van der Waals surface area contributed by atoms with Gasteiger partial charge in [-0.05, 0) is 43.0 Å². The van der Waals surface area contributed by atoms with E-state index in [1.165, 1.54) is 5.56 Å². The van der Waals surface area contributed by atoms with E-state index in [1.54, 1.807) is 0 Å². The summed E-state index contributed by atoms with van der Waals surface area (Å²) in [6.45, 7) is 0.795. The third-order valence-electron chi connectivity index (χ3n) is 2.93. The van der Waals surface area contributed by atoms with Crippen molar-refractivity contribution in [2.75, 3.05) is 6.54 Å². The van der Waals surface area contributed by atoms with E-state index in [0.29, 0.717) is 5.92 Å². The average molecular weight is 284 g/mol. The minimum atomic E-state index is -0.739. The number of rotatable bonds is 3. The van der Waals surface area contributed by atoms with Crippen molar-refractivity contribution in [2.24, 2.45) is 5.92 Å². The molecule has 4 heteroatoms. The van der Waals surface area contributed by atoms with Gasteiger partial charge in [0, 0.05) is 4.47 Å². The van der Waals surface area contributed by atoms with E-state index in [9.17, 15) is 4.79 Å². The van der Waals surface area contributed by atoms with Gasteiger partial charge in [0.15, 0.2) is 0 Å². The monoisotopic (exact) mass is 283 g/mol. The lowest BCUT2D eigenvalue weighted by molar-refractivity contribution is -0.139. The Morgan fingerprint density at radius 3 is 3.00 bits per heavy atom. The number of halogens is 1. The third-order valence-corrected chi connectivity index (χ3v) is 3.43. The van der Waals surface area contributed by atoms with Crippen molar-refractivity contribution >= 4 is 21.9 Å². The summed E-state index contributed by atoms with van der Waals surface area (Å²) in [7, 11) is 0. The molecular formula is C12H14BrNO2. The number of aliphatic carboxylic acids is 1. The van der Waals surface area contributed by atoms with Gasteiger partial charge >= 0.3 is 5.97 Å². The fourth-order valence-corrected chi connectivity index (χ4v) is 2.60. The zero-order valence-corrected chi connectivity index (χ0v) is 10.4. The molecule has 2 atom stereocenters. The van der Waals surface area contributed by atoms with Gasteiger partial charge in [-0.1, -0.05) is 28.1 Å². The molecule has 0 aromatic heterocycles. The van der Waals surface area contributed by atoms with Crippen LogP contribution < -0.4 is 5.32 Å². The lowest BCUT2D eigenvalue weighted by Gasteiger charge is -2.08. The highest BCUT2D eigenvalue weighted by molar-refractivity contribution is 9.10. The minimum absolute atomic E-state index is 0.364. The fourth-order valence-electron chi connectivity index (χ4n) is 2.15. The summed E-state index contributed by atoms with van der Waals surface area (Å²) >= 11 is 3.44. The van der Waals surface area contributed by atoms with E-state index in [4.69, 9.17) is 5.11 Å². The Hall–Kier alpha value is -0.870. The normalized spacial score (nSPS) is 24.6. The molecule has 1 saturated heterocycles. The van der Waals surface area contributed by atoms with Crippen LogP contribution >= 0.6 is 15.9 Å². The molecule has 1 aliphatic rings. The molecular weight excluding hydrogens is 270 g/mol. The summed E-state index contributed by atoms with van der Waals surface area (Å²) in [5, 5.41) is 11.9. The molecule has 86 valence electrons. The first-order valence-corrected chi connectivity index (χ1v) is 6.15. The molecule has 0 bridgehead atoms. The molecule has 1 aromatic carbocycles. The number of hydrogen-bond acceptors (Lipinski definition) is 2. The predicted molar refractivity (Wildman–Crippen MR) is 65.4 cm³/mol. The summed E-state index contributed by atoms with van der Waals surface area (Å²) < 4.78 is 1.07. The summed E-state index contributed by atoms with van der Waals surface area (Å²) in [4.78, 5) is 10.8. The number of nitrogens with one attached hydrogen (secondary N) is 1. The van der Waals surface area contributed by atoms with Crippen LogP contribution in [0.3, 0.4) is 0 Å². The molecule has 0 radical (unpaired) electrons. The maximum Gasteiger partial charge on any atom is 0.320 e. The molecule has 1 heterocycles. The van der Waals surface area contributed by atoms with Gasteiger partial charge in [0.2, 0.25) is 0 Å². The molecule has 1 aromatic rings. The van der Waals surface area contributed by atoms with E-state index >= 15 is 0 Å². The van der Waals surface area contributed by atoms with Crippen molar-refractivity contribution < 1.29 is 9.90 Å². The number of benzene rings is 1. The Balaban J connectivity index is 1.94. The largest absolute Gasteiger partial charge is 0.480 e. The van der Waals surface area contributed by atoms with Crippen molar-refractivity contribution in [3.63, 3.8) is 0 Å². The van der Waals surface area contributed by atoms with Crippen molar-refractivity contribution in [2.45, 2.75) is 18.9 Å². The van der Waals surface area contributed by atoms with Crippen LogP contribution in [0.4, 0.5) is 0 Å². The minimum Gasteiger partial charge on any atom is -0.480 e. The maximum atomic E-state index is 10.8. The van der Waals surface area contributed by atoms with Gasteiger partial charge in [-0.25, -0.2) is 0 Å². The molecule has 0 saturated carbocycles. The number of carboxylic acids is 1. The van der Waals surface area contributed by atoms with Gasteiger partial charge in [0.25, 0.3) is 0 Å².